The zero-order chi connectivity index (χ0) is 17.6. The molecule has 4 rings (SSSR count). The van der Waals surface area contributed by atoms with E-state index in [-0.39, 0.29) is 5.91 Å². The van der Waals surface area contributed by atoms with E-state index in [1.807, 2.05) is 62.4 Å². The van der Waals surface area contributed by atoms with Gasteiger partial charge in [-0.1, -0.05) is 30.3 Å². The van der Waals surface area contributed by atoms with Crippen LogP contribution in [-0.4, -0.2) is 10.9 Å². The van der Waals surface area contributed by atoms with Crippen molar-refractivity contribution in [2.24, 2.45) is 0 Å². The highest BCUT2D eigenvalue weighted by molar-refractivity contribution is 7.21. The van der Waals surface area contributed by atoms with Gasteiger partial charge in [0.25, 0.3) is 5.91 Å². The van der Waals surface area contributed by atoms with Crippen molar-refractivity contribution in [2.45, 2.75) is 13.8 Å². The lowest BCUT2D eigenvalue weighted by Crippen LogP contribution is -2.12. The number of nitrogens with zero attached hydrogens (tertiary/aromatic N) is 1. The molecule has 0 aliphatic rings. The number of benzene rings is 2. The first-order valence-electron chi connectivity index (χ1n) is 7.99. The molecular formula is C20H17N3OS. The number of nitrogen functional groups attached to an aromatic ring is 1. The van der Waals surface area contributed by atoms with Crippen LogP contribution in [-0.2, 0) is 0 Å². The van der Waals surface area contributed by atoms with Crippen molar-refractivity contribution in [3.05, 3.63) is 64.5 Å². The Morgan fingerprint density at radius 2 is 1.92 bits per heavy atom. The maximum absolute atomic E-state index is 12.7. The van der Waals surface area contributed by atoms with Crippen molar-refractivity contribution < 1.29 is 4.79 Å². The monoisotopic (exact) mass is 347 g/mol. The van der Waals surface area contributed by atoms with E-state index >= 15 is 0 Å². The van der Waals surface area contributed by atoms with Crippen molar-refractivity contribution in [1.82, 2.24) is 4.98 Å². The first-order chi connectivity index (χ1) is 12.0. The Labute approximate surface area is 149 Å². The highest BCUT2D eigenvalue weighted by Crippen LogP contribution is 2.35. The average molecular weight is 347 g/mol. The molecule has 0 saturated carbocycles. The predicted octanol–water partition coefficient (Wildman–Crippen LogP) is 4.90. The number of nitrogens with one attached hydrogen (secondary N) is 1. The Hall–Kier alpha value is -2.92. The van der Waals surface area contributed by atoms with E-state index < -0.39 is 0 Å². The Bertz CT molecular complexity index is 1130. The third-order valence-electron chi connectivity index (χ3n) is 4.27. The standard InChI is InChI=1S/C20H17N3OS/c1-11-7-8-13-10-14-17(21)18(25-20(14)23-16(13)9-11)19(24)22-15-6-4-3-5-12(15)2/h3-10H,21H2,1-2H3,(H,22,24). The maximum atomic E-state index is 12.7. The molecule has 1 amide bonds. The molecule has 0 fully saturated rings. The van der Waals surface area contributed by atoms with E-state index in [1.165, 1.54) is 11.3 Å². The number of pyridine rings is 1. The Kier molecular flexibility index (Phi) is 3.66. The molecule has 3 N–H and O–H groups in total. The molecule has 0 unspecified atom stereocenters. The molecule has 0 saturated heterocycles. The number of nitrogens with two attached hydrogens (primary N) is 1. The quantitative estimate of drug-likeness (QED) is 0.542. The number of para-hydroxylation sites is 1. The smallest absolute Gasteiger partial charge is 0.267 e. The number of thiophene rings is 1. The van der Waals surface area contributed by atoms with Crippen LogP contribution in [0.4, 0.5) is 11.4 Å². The van der Waals surface area contributed by atoms with Gasteiger partial charge in [0, 0.05) is 16.5 Å². The van der Waals surface area contributed by atoms with Gasteiger partial charge < -0.3 is 11.1 Å². The molecule has 2 aromatic heterocycles. The molecule has 5 heteroatoms. The first-order valence-corrected chi connectivity index (χ1v) is 8.81. The third-order valence-corrected chi connectivity index (χ3v) is 5.39. The van der Waals surface area contributed by atoms with E-state index in [9.17, 15) is 4.79 Å². The SMILES string of the molecule is Cc1ccc2cc3c(N)c(C(=O)Nc4ccccc4C)sc3nc2c1. The summed E-state index contributed by atoms with van der Waals surface area (Å²) in [4.78, 5) is 18.7. The minimum atomic E-state index is -0.199. The number of hydrogen-bond acceptors (Lipinski definition) is 4. The van der Waals surface area contributed by atoms with Crippen molar-refractivity contribution in [3.8, 4) is 0 Å². The molecule has 0 bridgehead atoms. The van der Waals surface area contributed by atoms with Crippen molar-refractivity contribution in [1.29, 1.82) is 0 Å². The fraction of sp³-hybridized carbons (Fsp3) is 0.100. The Morgan fingerprint density at radius 1 is 1.12 bits per heavy atom. The van der Waals surface area contributed by atoms with Crippen LogP contribution in [0, 0.1) is 13.8 Å². The van der Waals surface area contributed by atoms with Crippen LogP contribution >= 0.6 is 11.3 Å². The summed E-state index contributed by atoms with van der Waals surface area (Å²) in [6.45, 7) is 4.00. The maximum Gasteiger partial charge on any atom is 0.267 e. The summed E-state index contributed by atoms with van der Waals surface area (Å²) in [6, 6.07) is 15.8. The van der Waals surface area contributed by atoms with Gasteiger partial charge in [-0.15, -0.1) is 11.3 Å². The lowest BCUT2D eigenvalue weighted by Gasteiger charge is -2.07. The molecule has 0 aliphatic heterocycles. The van der Waals surface area contributed by atoms with Crippen LogP contribution < -0.4 is 11.1 Å². The van der Waals surface area contributed by atoms with Crippen LogP contribution in [0.2, 0.25) is 0 Å². The van der Waals surface area contributed by atoms with E-state index in [4.69, 9.17) is 5.73 Å². The topological polar surface area (TPSA) is 68.0 Å². The van der Waals surface area contributed by atoms with Gasteiger partial charge in [-0.3, -0.25) is 4.79 Å². The number of anilines is 2. The second kappa shape index (κ2) is 5.86. The van der Waals surface area contributed by atoms with E-state index in [0.29, 0.717) is 10.6 Å². The van der Waals surface area contributed by atoms with Gasteiger partial charge in [-0.25, -0.2) is 4.98 Å². The van der Waals surface area contributed by atoms with E-state index in [1.54, 1.807) is 0 Å². The number of hydrogen-bond donors (Lipinski definition) is 2. The minimum absolute atomic E-state index is 0.199. The zero-order valence-electron chi connectivity index (χ0n) is 14.0. The van der Waals surface area contributed by atoms with Gasteiger partial charge in [0.1, 0.15) is 9.71 Å². The summed E-state index contributed by atoms with van der Waals surface area (Å²) in [6.07, 6.45) is 0. The van der Waals surface area contributed by atoms with Crippen molar-refractivity contribution >= 4 is 49.7 Å². The van der Waals surface area contributed by atoms with Crippen molar-refractivity contribution in [3.63, 3.8) is 0 Å². The number of fused-ring (bicyclic) bond motifs is 2. The summed E-state index contributed by atoms with van der Waals surface area (Å²) in [5.41, 5.74) is 10.6. The van der Waals surface area contributed by atoms with Crippen LogP contribution in [0.15, 0.2) is 48.5 Å². The second-order valence-corrected chi connectivity index (χ2v) is 7.15. The predicted molar refractivity (Wildman–Crippen MR) is 105 cm³/mol. The lowest BCUT2D eigenvalue weighted by molar-refractivity contribution is 0.103. The molecule has 25 heavy (non-hydrogen) atoms. The summed E-state index contributed by atoms with van der Waals surface area (Å²) < 4.78 is 0. The third kappa shape index (κ3) is 2.72. The largest absolute Gasteiger partial charge is 0.397 e. The van der Waals surface area contributed by atoms with Gasteiger partial charge in [0.05, 0.1) is 11.2 Å². The average Bonchev–Trinajstić information content (AvgIpc) is 2.91. The Balaban J connectivity index is 1.79. The summed E-state index contributed by atoms with van der Waals surface area (Å²) in [5, 5.41) is 4.79. The summed E-state index contributed by atoms with van der Waals surface area (Å²) >= 11 is 1.33. The molecule has 4 nitrogen and oxygen atoms in total. The van der Waals surface area contributed by atoms with E-state index in [2.05, 4.69) is 10.3 Å². The number of aromatic nitrogens is 1. The van der Waals surface area contributed by atoms with Crippen LogP contribution in [0.25, 0.3) is 21.1 Å². The highest BCUT2D eigenvalue weighted by atomic mass is 32.1. The van der Waals surface area contributed by atoms with Gasteiger partial charge in [-0.05, 0) is 43.2 Å². The molecule has 0 aliphatic carbocycles. The van der Waals surface area contributed by atoms with Gasteiger partial charge in [-0.2, -0.15) is 0 Å². The highest BCUT2D eigenvalue weighted by Gasteiger charge is 2.18. The molecule has 124 valence electrons. The first kappa shape index (κ1) is 15.6. The molecular weight excluding hydrogens is 330 g/mol. The molecule has 0 atom stereocenters. The lowest BCUT2D eigenvalue weighted by atomic mass is 10.1. The molecule has 0 spiro atoms. The van der Waals surface area contributed by atoms with Gasteiger partial charge in [0.2, 0.25) is 0 Å². The van der Waals surface area contributed by atoms with Crippen molar-refractivity contribution in [2.75, 3.05) is 11.1 Å². The molecule has 2 aromatic carbocycles. The van der Waals surface area contributed by atoms with Crippen LogP contribution in [0.3, 0.4) is 0 Å². The van der Waals surface area contributed by atoms with Crippen LogP contribution in [0.1, 0.15) is 20.8 Å². The second-order valence-electron chi connectivity index (χ2n) is 6.15. The number of carbonyl (C=O) groups is 1. The Morgan fingerprint density at radius 3 is 2.72 bits per heavy atom. The zero-order valence-corrected chi connectivity index (χ0v) is 14.8. The van der Waals surface area contributed by atoms with E-state index in [0.717, 1.165) is 37.9 Å². The number of aryl methyl sites for hydroxylation is 2. The summed E-state index contributed by atoms with van der Waals surface area (Å²) in [5.74, 6) is -0.199. The number of carbonyl (C=O) groups excluding carboxylic acids is 1. The number of rotatable bonds is 2. The minimum Gasteiger partial charge on any atom is -0.397 e. The van der Waals surface area contributed by atoms with Crippen LogP contribution in [0.5, 0.6) is 0 Å². The molecule has 0 radical (unpaired) electrons. The van der Waals surface area contributed by atoms with Gasteiger partial charge >= 0.3 is 0 Å². The normalized spacial score (nSPS) is 11.1. The molecule has 4 aromatic rings. The number of amides is 1. The molecule has 2 heterocycles. The fourth-order valence-corrected chi connectivity index (χ4v) is 3.84. The fourth-order valence-electron chi connectivity index (χ4n) is 2.87. The van der Waals surface area contributed by atoms with Gasteiger partial charge in [0.15, 0.2) is 0 Å². The summed E-state index contributed by atoms with van der Waals surface area (Å²) in [7, 11) is 0.